The van der Waals surface area contributed by atoms with Gasteiger partial charge >= 0.3 is 0 Å². The highest BCUT2D eigenvalue weighted by molar-refractivity contribution is 6.31. The van der Waals surface area contributed by atoms with Crippen molar-refractivity contribution >= 4 is 17.3 Å². The first-order valence-corrected chi connectivity index (χ1v) is 6.13. The number of hydrogen-bond donors (Lipinski definition) is 1. The summed E-state index contributed by atoms with van der Waals surface area (Å²) in [5.74, 6) is 6.27. The highest BCUT2D eigenvalue weighted by atomic mass is 35.5. The number of anilines is 1. The monoisotopic (exact) mass is 278 g/mol. The summed E-state index contributed by atoms with van der Waals surface area (Å²) in [7, 11) is 1.75. The van der Waals surface area contributed by atoms with Crippen molar-refractivity contribution in [2.45, 2.75) is 13.5 Å². The molecule has 0 amide bonds. The highest BCUT2D eigenvalue weighted by Crippen LogP contribution is 2.27. The lowest BCUT2D eigenvalue weighted by Crippen LogP contribution is -2.26. The van der Waals surface area contributed by atoms with Crippen molar-refractivity contribution in [2.75, 3.05) is 12.1 Å². The fourth-order valence-corrected chi connectivity index (χ4v) is 1.92. The number of ether oxygens (including phenoxy) is 1. The second-order valence-corrected chi connectivity index (χ2v) is 4.49. The van der Waals surface area contributed by atoms with Gasteiger partial charge in [0.25, 0.3) is 0 Å². The van der Waals surface area contributed by atoms with Gasteiger partial charge in [-0.25, -0.2) is 10.8 Å². The third-order valence-electron chi connectivity index (χ3n) is 2.66. The molecule has 0 aliphatic heterocycles. The lowest BCUT2D eigenvalue weighted by Gasteiger charge is -2.18. The summed E-state index contributed by atoms with van der Waals surface area (Å²) in [5.41, 5.74) is 2.37. The number of nitrogens with two attached hydrogens (primary N) is 1. The third-order valence-corrected chi connectivity index (χ3v) is 3.02. The lowest BCUT2D eigenvalue weighted by atomic mass is 10.2. The molecule has 2 rings (SSSR count). The quantitative estimate of drug-likeness (QED) is 0.687. The summed E-state index contributed by atoms with van der Waals surface area (Å²) >= 11 is 6.18. The van der Waals surface area contributed by atoms with Crippen molar-refractivity contribution in [3.05, 3.63) is 46.9 Å². The molecule has 0 bridgehead atoms. The fourth-order valence-electron chi connectivity index (χ4n) is 1.70. The summed E-state index contributed by atoms with van der Waals surface area (Å²) in [6.45, 7) is 2.13. The Morgan fingerprint density at radius 1 is 1.32 bits per heavy atom. The molecular weight excluding hydrogens is 264 g/mol. The topological polar surface area (TPSA) is 64.3 Å². The molecule has 2 aromatic rings. The van der Waals surface area contributed by atoms with E-state index in [2.05, 4.69) is 9.97 Å². The van der Waals surface area contributed by atoms with Gasteiger partial charge in [0, 0.05) is 30.0 Å². The van der Waals surface area contributed by atoms with Gasteiger partial charge in [-0.15, -0.1) is 0 Å². The molecule has 0 saturated heterocycles. The van der Waals surface area contributed by atoms with Crippen molar-refractivity contribution in [1.82, 2.24) is 9.97 Å². The molecule has 0 unspecified atom stereocenters. The Morgan fingerprint density at radius 3 is 2.74 bits per heavy atom. The number of nitrogens with zero attached hydrogens (tertiary/aromatic N) is 3. The molecule has 1 heterocycles. The Kier molecular flexibility index (Phi) is 4.19. The van der Waals surface area contributed by atoms with E-state index in [1.54, 1.807) is 25.5 Å². The van der Waals surface area contributed by atoms with Gasteiger partial charge in [-0.3, -0.25) is 4.98 Å². The second-order valence-electron chi connectivity index (χ2n) is 4.08. The predicted molar refractivity (Wildman–Crippen MR) is 75.1 cm³/mol. The Balaban J connectivity index is 2.22. The van der Waals surface area contributed by atoms with Gasteiger partial charge in [-0.05, 0) is 19.1 Å². The molecule has 6 heteroatoms. The van der Waals surface area contributed by atoms with E-state index >= 15 is 0 Å². The largest absolute Gasteiger partial charge is 0.471 e. The van der Waals surface area contributed by atoms with Crippen LogP contribution in [0.3, 0.4) is 0 Å². The molecule has 0 atom stereocenters. The zero-order valence-electron chi connectivity index (χ0n) is 10.8. The SMILES string of the molecule is Cc1nccnc1OCc1c(Cl)cccc1N(C)N. The number of rotatable bonds is 4. The van der Waals surface area contributed by atoms with Gasteiger partial charge in [0.15, 0.2) is 0 Å². The van der Waals surface area contributed by atoms with E-state index in [1.165, 1.54) is 5.01 Å². The third kappa shape index (κ3) is 3.13. The molecule has 1 aromatic heterocycles. The summed E-state index contributed by atoms with van der Waals surface area (Å²) in [4.78, 5) is 8.24. The second kappa shape index (κ2) is 5.86. The number of hydrogen-bond acceptors (Lipinski definition) is 5. The van der Waals surface area contributed by atoms with Crippen LogP contribution in [0, 0.1) is 6.92 Å². The lowest BCUT2D eigenvalue weighted by molar-refractivity contribution is 0.290. The molecular formula is C13H15ClN4O. The first kappa shape index (κ1) is 13.6. The van der Waals surface area contributed by atoms with Crippen LogP contribution in [0.2, 0.25) is 5.02 Å². The molecule has 2 N–H and O–H groups in total. The van der Waals surface area contributed by atoms with Gasteiger partial charge in [-0.1, -0.05) is 17.7 Å². The van der Waals surface area contributed by atoms with E-state index in [1.807, 2.05) is 19.1 Å². The Morgan fingerprint density at radius 2 is 2.05 bits per heavy atom. The van der Waals surface area contributed by atoms with Crippen molar-refractivity contribution < 1.29 is 4.74 Å². The molecule has 1 aromatic carbocycles. The molecule has 0 aliphatic carbocycles. The van der Waals surface area contributed by atoms with Crippen LogP contribution >= 0.6 is 11.6 Å². The van der Waals surface area contributed by atoms with Crippen LogP contribution in [0.15, 0.2) is 30.6 Å². The molecule has 100 valence electrons. The van der Waals surface area contributed by atoms with Crippen molar-refractivity contribution in [1.29, 1.82) is 0 Å². The Hall–Kier alpha value is -1.85. The Labute approximate surface area is 117 Å². The summed E-state index contributed by atoms with van der Waals surface area (Å²) in [6, 6.07) is 5.53. The van der Waals surface area contributed by atoms with E-state index in [0.717, 1.165) is 16.9 Å². The minimum Gasteiger partial charge on any atom is -0.471 e. The van der Waals surface area contributed by atoms with E-state index in [0.29, 0.717) is 10.9 Å². The Bertz CT molecular complexity index is 574. The normalized spacial score (nSPS) is 10.3. The molecule has 0 spiro atoms. The standard InChI is InChI=1S/C13H15ClN4O/c1-9-13(17-7-6-16-9)19-8-10-11(14)4-3-5-12(10)18(2)15/h3-7H,8,15H2,1-2H3. The number of halogens is 1. The molecule has 0 fully saturated rings. The van der Waals surface area contributed by atoms with Crippen LogP contribution in [0.25, 0.3) is 0 Å². The number of benzene rings is 1. The van der Waals surface area contributed by atoms with Crippen molar-refractivity contribution in [2.24, 2.45) is 5.84 Å². The predicted octanol–water partition coefficient (Wildman–Crippen LogP) is 2.33. The van der Waals surface area contributed by atoms with Gasteiger partial charge in [-0.2, -0.15) is 0 Å². The van der Waals surface area contributed by atoms with Gasteiger partial charge in [0.2, 0.25) is 5.88 Å². The first-order chi connectivity index (χ1) is 9.09. The number of aromatic nitrogens is 2. The number of aryl methyl sites for hydroxylation is 1. The first-order valence-electron chi connectivity index (χ1n) is 5.76. The van der Waals surface area contributed by atoms with E-state index in [4.69, 9.17) is 22.2 Å². The number of hydrazine groups is 1. The van der Waals surface area contributed by atoms with E-state index in [9.17, 15) is 0 Å². The molecule has 0 saturated carbocycles. The minimum absolute atomic E-state index is 0.288. The summed E-state index contributed by atoms with van der Waals surface area (Å²) in [6.07, 6.45) is 3.21. The van der Waals surface area contributed by atoms with E-state index < -0.39 is 0 Å². The van der Waals surface area contributed by atoms with Crippen LogP contribution in [0.5, 0.6) is 5.88 Å². The zero-order valence-corrected chi connectivity index (χ0v) is 11.6. The maximum Gasteiger partial charge on any atom is 0.235 e. The minimum atomic E-state index is 0.288. The average Bonchev–Trinajstić information content (AvgIpc) is 2.38. The van der Waals surface area contributed by atoms with E-state index in [-0.39, 0.29) is 6.61 Å². The highest BCUT2D eigenvalue weighted by Gasteiger charge is 2.11. The molecule has 19 heavy (non-hydrogen) atoms. The molecule has 5 nitrogen and oxygen atoms in total. The van der Waals surface area contributed by atoms with Gasteiger partial charge in [0.05, 0.1) is 11.4 Å². The van der Waals surface area contributed by atoms with Gasteiger partial charge < -0.3 is 9.75 Å². The fraction of sp³-hybridized carbons (Fsp3) is 0.231. The van der Waals surface area contributed by atoms with Crippen LogP contribution in [-0.2, 0) is 6.61 Å². The van der Waals surface area contributed by atoms with Crippen LogP contribution in [-0.4, -0.2) is 17.0 Å². The average molecular weight is 279 g/mol. The van der Waals surface area contributed by atoms with Crippen molar-refractivity contribution in [3.8, 4) is 5.88 Å². The molecule has 0 radical (unpaired) electrons. The van der Waals surface area contributed by atoms with Crippen LogP contribution < -0.4 is 15.6 Å². The zero-order chi connectivity index (χ0) is 13.8. The van der Waals surface area contributed by atoms with Crippen LogP contribution in [0.1, 0.15) is 11.3 Å². The maximum atomic E-state index is 6.18. The molecule has 0 aliphatic rings. The smallest absolute Gasteiger partial charge is 0.235 e. The van der Waals surface area contributed by atoms with Crippen LogP contribution in [0.4, 0.5) is 5.69 Å². The summed E-state index contributed by atoms with van der Waals surface area (Å²) < 4.78 is 5.65. The maximum absolute atomic E-state index is 6.18. The summed E-state index contributed by atoms with van der Waals surface area (Å²) in [5, 5.41) is 2.12. The van der Waals surface area contributed by atoms with Gasteiger partial charge in [0.1, 0.15) is 6.61 Å². The van der Waals surface area contributed by atoms with Crippen molar-refractivity contribution in [3.63, 3.8) is 0 Å².